The number of primary amides is 1. The molecule has 0 unspecified atom stereocenters. The summed E-state index contributed by atoms with van der Waals surface area (Å²) in [7, 11) is 1.78. The summed E-state index contributed by atoms with van der Waals surface area (Å²) in [5.41, 5.74) is 8.12. The maximum atomic E-state index is 11.9. The monoisotopic (exact) mass is 494 g/mol. The van der Waals surface area contributed by atoms with Crippen LogP contribution in [0, 0.1) is 0 Å². The minimum atomic E-state index is -0.580. The van der Waals surface area contributed by atoms with Crippen LogP contribution in [0.25, 0.3) is 0 Å². The van der Waals surface area contributed by atoms with E-state index in [4.69, 9.17) is 5.73 Å². The first kappa shape index (κ1) is 25.7. The quantitative estimate of drug-likeness (QED) is 0.503. The molecule has 10 nitrogen and oxygen atoms in total. The van der Waals surface area contributed by atoms with Crippen molar-refractivity contribution in [3.05, 3.63) is 41.7 Å². The van der Waals surface area contributed by atoms with Gasteiger partial charge in [-0.1, -0.05) is 19.1 Å². The fraction of sp³-hybridized carbons (Fsp3) is 0.538. The average Bonchev–Trinajstić information content (AvgIpc) is 3.27. The largest absolute Gasteiger partial charge is 0.364 e. The molecule has 0 bridgehead atoms. The smallest absolute Gasteiger partial charge is 0.317 e. The number of hydrogen-bond donors (Lipinski definition) is 4. The number of benzene rings is 1. The van der Waals surface area contributed by atoms with E-state index in [1.807, 2.05) is 12.1 Å². The third-order valence-corrected chi connectivity index (χ3v) is 7.30. The van der Waals surface area contributed by atoms with E-state index in [-0.39, 0.29) is 17.1 Å². The van der Waals surface area contributed by atoms with Gasteiger partial charge in [-0.2, -0.15) is 0 Å². The van der Waals surface area contributed by atoms with Crippen molar-refractivity contribution in [2.24, 2.45) is 5.73 Å². The van der Waals surface area contributed by atoms with Gasteiger partial charge in [0.2, 0.25) is 0 Å². The number of hydrogen-bond acceptors (Lipinski definition) is 7. The maximum Gasteiger partial charge on any atom is 0.317 e. The third-order valence-electron chi connectivity index (χ3n) is 7.30. The highest BCUT2D eigenvalue weighted by molar-refractivity contribution is 5.96. The fourth-order valence-corrected chi connectivity index (χ4v) is 4.85. The number of carbonyl (C=O) groups excluding carboxylic acids is 2. The Kier molecular flexibility index (Phi) is 8.25. The predicted octanol–water partition coefficient (Wildman–Crippen LogP) is 2.59. The van der Waals surface area contributed by atoms with Crippen molar-refractivity contribution >= 4 is 29.3 Å². The molecule has 1 aromatic carbocycles. The lowest BCUT2D eigenvalue weighted by molar-refractivity contribution is 0.0996. The number of piperidine rings is 2. The highest BCUT2D eigenvalue weighted by Crippen LogP contribution is 2.34. The Morgan fingerprint density at radius 3 is 2.31 bits per heavy atom. The Morgan fingerprint density at radius 2 is 1.75 bits per heavy atom. The zero-order valence-corrected chi connectivity index (χ0v) is 21.3. The molecule has 36 heavy (non-hydrogen) atoms. The zero-order chi connectivity index (χ0) is 25.5. The lowest BCUT2D eigenvalue weighted by Crippen LogP contribution is -2.37. The second-order valence-corrected chi connectivity index (χ2v) is 10.0. The van der Waals surface area contributed by atoms with Gasteiger partial charge in [0.05, 0.1) is 6.20 Å². The summed E-state index contributed by atoms with van der Waals surface area (Å²) < 4.78 is 0. The van der Waals surface area contributed by atoms with Crippen molar-refractivity contribution in [2.75, 3.05) is 56.5 Å². The fourth-order valence-electron chi connectivity index (χ4n) is 4.85. The highest BCUT2D eigenvalue weighted by Gasteiger charge is 2.28. The molecule has 0 saturated carbocycles. The van der Waals surface area contributed by atoms with Crippen LogP contribution in [0.1, 0.15) is 55.1 Å². The molecular formula is C26H38N8O2. The number of rotatable bonds is 5. The molecule has 5 N–H and O–H groups in total. The summed E-state index contributed by atoms with van der Waals surface area (Å²) in [6.45, 7) is 8.01. The van der Waals surface area contributed by atoms with E-state index in [0.717, 1.165) is 76.5 Å². The van der Waals surface area contributed by atoms with Gasteiger partial charge in [-0.3, -0.25) is 4.79 Å². The third kappa shape index (κ3) is 6.23. The molecule has 0 atom stereocenters. The van der Waals surface area contributed by atoms with E-state index in [2.05, 4.69) is 49.9 Å². The SMILES string of the molecule is CC1(c2ccc(Nc3nc(N4CCCCC4)cnc3C(N)=O)cc2)CCNCC1.CN1CCNC1=O. The van der Waals surface area contributed by atoms with Gasteiger partial charge in [0, 0.05) is 38.9 Å². The normalized spacial score (nSPS) is 19.2. The summed E-state index contributed by atoms with van der Waals surface area (Å²) in [4.78, 5) is 35.1. The van der Waals surface area contributed by atoms with Crippen LogP contribution >= 0.6 is 0 Å². The average molecular weight is 495 g/mol. The second kappa shape index (κ2) is 11.6. The number of nitrogens with two attached hydrogens (primary N) is 1. The van der Waals surface area contributed by atoms with Crippen LogP contribution in [0.2, 0.25) is 0 Å². The van der Waals surface area contributed by atoms with E-state index >= 15 is 0 Å². The van der Waals surface area contributed by atoms with Crippen molar-refractivity contribution in [1.82, 2.24) is 25.5 Å². The molecule has 3 saturated heterocycles. The Balaban J connectivity index is 0.000000375. The van der Waals surface area contributed by atoms with Crippen molar-refractivity contribution in [3.8, 4) is 0 Å². The number of urea groups is 1. The standard InChI is InChI=1S/C22H30N6O.C4H8N2O/c1-22(9-11-24-12-10-22)16-5-7-17(8-6-16)26-21-19(20(23)29)25-15-18(27-21)28-13-3-2-4-14-28;1-6-3-2-5-4(6)7/h5-8,15,24H,2-4,9-14H2,1H3,(H2,23,29)(H,26,27);2-3H2,1H3,(H,5,7). The molecule has 10 heteroatoms. The molecule has 3 aliphatic rings. The maximum absolute atomic E-state index is 11.9. The van der Waals surface area contributed by atoms with Crippen LogP contribution in [-0.2, 0) is 5.41 Å². The van der Waals surface area contributed by atoms with Gasteiger partial charge in [0.1, 0.15) is 5.82 Å². The Morgan fingerprint density at radius 1 is 1.06 bits per heavy atom. The zero-order valence-electron chi connectivity index (χ0n) is 21.3. The van der Waals surface area contributed by atoms with Crippen molar-refractivity contribution in [3.63, 3.8) is 0 Å². The van der Waals surface area contributed by atoms with Crippen LogP contribution in [0.5, 0.6) is 0 Å². The molecule has 3 amide bonds. The highest BCUT2D eigenvalue weighted by atomic mass is 16.2. The molecule has 194 valence electrons. The van der Waals surface area contributed by atoms with Gasteiger partial charge in [0.15, 0.2) is 11.5 Å². The molecular weight excluding hydrogens is 456 g/mol. The van der Waals surface area contributed by atoms with Crippen molar-refractivity contribution in [2.45, 2.75) is 44.4 Å². The van der Waals surface area contributed by atoms with Crippen LogP contribution in [0.15, 0.2) is 30.5 Å². The number of anilines is 3. The summed E-state index contributed by atoms with van der Waals surface area (Å²) in [6, 6.07) is 8.46. The number of likely N-dealkylation sites (N-methyl/N-ethyl adjacent to an activating group) is 1. The van der Waals surface area contributed by atoms with Gasteiger partial charge in [0.25, 0.3) is 5.91 Å². The van der Waals surface area contributed by atoms with E-state index < -0.39 is 5.91 Å². The Hall–Kier alpha value is -3.40. The summed E-state index contributed by atoms with van der Waals surface area (Å²) >= 11 is 0. The number of nitrogens with zero attached hydrogens (tertiary/aromatic N) is 4. The Labute approximate surface area is 213 Å². The lowest BCUT2D eigenvalue weighted by Gasteiger charge is -2.34. The van der Waals surface area contributed by atoms with Gasteiger partial charge in [-0.15, -0.1) is 0 Å². The van der Waals surface area contributed by atoms with Gasteiger partial charge in [-0.25, -0.2) is 14.8 Å². The number of amides is 3. The van der Waals surface area contributed by atoms with E-state index in [1.165, 1.54) is 12.0 Å². The molecule has 4 heterocycles. The van der Waals surface area contributed by atoms with Crippen LogP contribution in [0.3, 0.4) is 0 Å². The first-order valence-corrected chi connectivity index (χ1v) is 12.8. The van der Waals surface area contributed by atoms with Gasteiger partial charge < -0.3 is 31.5 Å². The van der Waals surface area contributed by atoms with Gasteiger partial charge in [-0.05, 0) is 68.3 Å². The summed E-state index contributed by atoms with van der Waals surface area (Å²) in [5.74, 6) is 0.626. The van der Waals surface area contributed by atoms with Crippen LogP contribution in [0.4, 0.5) is 22.1 Å². The summed E-state index contributed by atoms with van der Waals surface area (Å²) in [5, 5.41) is 9.35. The van der Waals surface area contributed by atoms with Crippen LogP contribution in [-0.4, -0.2) is 73.1 Å². The van der Waals surface area contributed by atoms with Crippen molar-refractivity contribution < 1.29 is 9.59 Å². The predicted molar refractivity (Wildman–Crippen MR) is 142 cm³/mol. The number of carbonyl (C=O) groups is 2. The Bertz CT molecular complexity index is 1050. The minimum absolute atomic E-state index is 0.0417. The van der Waals surface area contributed by atoms with Gasteiger partial charge >= 0.3 is 6.03 Å². The topological polar surface area (TPSA) is 129 Å². The molecule has 2 aromatic rings. The molecule has 0 aliphatic carbocycles. The molecule has 0 radical (unpaired) electrons. The second-order valence-electron chi connectivity index (χ2n) is 10.0. The minimum Gasteiger partial charge on any atom is -0.364 e. The molecule has 5 rings (SSSR count). The van der Waals surface area contributed by atoms with E-state index in [0.29, 0.717) is 5.82 Å². The van der Waals surface area contributed by atoms with E-state index in [1.54, 1.807) is 18.1 Å². The van der Waals surface area contributed by atoms with E-state index in [9.17, 15) is 9.59 Å². The summed E-state index contributed by atoms with van der Waals surface area (Å²) in [6.07, 6.45) is 7.47. The molecule has 1 aromatic heterocycles. The number of nitrogens with one attached hydrogen (secondary N) is 3. The van der Waals surface area contributed by atoms with Crippen LogP contribution < -0.4 is 26.6 Å². The molecule has 3 fully saturated rings. The lowest BCUT2D eigenvalue weighted by atomic mass is 9.75. The number of aromatic nitrogens is 2. The molecule has 0 spiro atoms. The first-order chi connectivity index (χ1) is 17.4. The molecule has 3 aliphatic heterocycles. The first-order valence-electron chi connectivity index (χ1n) is 12.8. The van der Waals surface area contributed by atoms with Crippen molar-refractivity contribution in [1.29, 1.82) is 0 Å².